The number of rotatable bonds is 7. The van der Waals surface area contributed by atoms with Crippen LogP contribution < -0.4 is 20.7 Å². The molecule has 0 saturated carbocycles. The second-order valence-electron chi connectivity index (χ2n) is 6.29. The van der Waals surface area contributed by atoms with Crippen molar-refractivity contribution in [2.45, 2.75) is 12.6 Å². The summed E-state index contributed by atoms with van der Waals surface area (Å²) < 4.78 is 61.8. The van der Waals surface area contributed by atoms with Gasteiger partial charge < -0.3 is 4.74 Å². The molecule has 8 nitrogen and oxygen atoms in total. The van der Waals surface area contributed by atoms with Gasteiger partial charge in [-0.3, -0.25) is 14.6 Å². The largest absolute Gasteiger partial charge is 0.493 e. The lowest BCUT2D eigenvalue weighted by Crippen LogP contribution is -2.31. The van der Waals surface area contributed by atoms with Gasteiger partial charge in [-0.25, -0.2) is 9.19 Å². The molecule has 1 unspecified atom stereocenters. The van der Waals surface area contributed by atoms with Gasteiger partial charge in [-0.05, 0) is 24.3 Å². The number of benzene rings is 1. The van der Waals surface area contributed by atoms with Crippen LogP contribution in [0.4, 0.5) is 24.5 Å². The van der Waals surface area contributed by atoms with Crippen molar-refractivity contribution in [1.29, 1.82) is 5.26 Å². The van der Waals surface area contributed by atoms with E-state index in [0.29, 0.717) is 11.4 Å². The number of aromatic nitrogens is 1. The van der Waals surface area contributed by atoms with E-state index in [1.807, 2.05) is 6.07 Å². The summed E-state index contributed by atoms with van der Waals surface area (Å²) in [5.74, 6) is -0.328. The molecule has 3 rings (SSSR count). The zero-order valence-corrected chi connectivity index (χ0v) is 16.9. The first-order valence-electron chi connectivity index (χ1n) is 8.72. The highest BCUT2D eigenvalue weighted by Gasteiger charge is 2.35. The van der Waals surface area contributed by atoms with Crippen LogP contribution in [0, 0.1) is 11.3 Å². The Bertz CT molecular complexity index is 1010. The normalized spacial score (nSPS) is 14.1. The maximum Gasteiger partial charge on any atom is 0.419 e. The van der Waals surface area contributed by atoms with Gasteiger partial charge in [0.2, 0.25) is 0 Å². The summed E-state index contributed by atoms with van der Waals surface area (Å²) in [6.45, 7) is 0.0750. The van der Waals surface area contributed by atoms with E-state index < -0.39 is 22.8 Å². The molecule has 0 fully saturated rings. The number of halogens is 3. The predicted octanol–water partition coefficient (Wildman–Crippen LogP) is 3.00. The molecule has 0 radical (unpaired) electrons. The number of nitrogens with zero attached hydrogens (tertiary/aromatic N) is 3. The quantitative estimate of drug-likeness (QED) is 0.633. The number of hydrazine groups is 2. The van der Waals surface area contributed by atoms with Crippen molar-refractivity contribution in [3.63, 3.8) is 0 Å². The van der Waals surface area contributed by atoms with Gasteiger partial charge in [-0.2, -0.15) is 18.4 Å². The van der Waals surface area contributed by atoms with Crippen molar-refractivity contribution in [2.24, 2.45) is 0 Å². The van der Waals surface area contributed by atoms with Crippen LogP contribution >= 0.6 is 0 Å². The molecule has 30 heavy (non-hydrogen) atoms. The molecular formula is C18H18F3N5O3S. The summed E-state index contributed by atoms with van der Waals surface area (Å²) in [6.07, 6.45) is -3.01. The number of ether oxygens (including phenoxy) is 1. The highest BCUT2D eigenvalue weighted by Crippen LogP contribution is 2.40. The second-order valence-corrected chi connectivity index (χ2v) is 7.33. The summed E-state index contributed by atoms with van der Waals surface area (Å²) >= 11 is -1.44. The van der Waals surface area contributed by atoms with Crippen LogP contribution in [0.2, 0.25) is 0 Å². The minimum absolute atomic E-state index is 0.0303. The Balaban J connectivity index is 1.90. The molecule has 1 aliphatic heterocycles. The number of fused-ring (bicyclic) bond motifs is 1. The van der Waals surface area contributed by atoms with Crippen LogP contribution in [-0.2, 0) is 21.4 Å². The minimum atomic E-state index is -4.65. The lowest BCUT2D eigenvalue weighted by atomic mass is 10.0. The summed E-state index contributed by atoms with van der Waals surface area (Å²) in [5.41, 5.74) is 6.14. The van der Waals surface area contributed by atoms with Crippen molar-refractivity contribution < 1.29 is 26.3 Å². The average Bonchev–Trinajstić information content (AvgIpc) is 3.07. The predicted molar refractivity (Wildman–Crippen MR) is 105 cm³/mol. The molecule has 0 aliphatic carbocycles. The zero-order chi connectivity index (χ0) is 21.9. The molecule has 0 saturated heterocycles. The van der Waals surface area contributed by atoms with Gasteiger partial charge in [-0.15, -0.1) is 5.53 Å². The van der Waals surface area contributed by atoms with Crippen molar-refractivity contribution in [3.05, 3.63) is 35.5 Å². The molecule has 12 heteroatoms. The average molecular weight is 441 g/mol. The van der Waals surface area contributed by atoms with Gasteiger partial charge in [0.25, 0.3) is 0 Å². The number of alkyl halides is 3. The number of nitriles is 1. The molecule has 1 aromatic carbocycles. The topological polar surface area (TPSA) is 99.5 Å². The maximum absolute atomic E-state index is 13.6. The number of anilines is 2. The van der Waals surface area contributed by atoms with Crippen LogP contribution in [0.25, 0.3) is 11.3 Å². The van der Waals surface area contributed by atoms with Crippen molar-refractivity contribution in [2.75, 3.05) is 37.0 Å². The lowest BCUT2D eigenvalue weighted by Gasteiger charge is -2.16. The highest BCUT2D eigenvalue weighted by molar-refractivity contribution is 7.79. The summed E-state index contributed by atoms with van der Waals surface area (Å²) in [6, 6.07) is 7.14. The number of hydrogen-bond acceptors (Lipinski definition) is 8. The van der Waals surface area contributed by atoms with Crippen LogP contribution in [0.1, 0.15) is 17.7 Å². The van der Waals surface area contributed by atoms with E-state index in [1.54, 1.807) is 18.1 Å². The minimum Gasteiger partial charge on any atom is -0.493 e. The van der Waals surface area contributed by atoms with E-state index in [2.05, 4.69) is 15.9 Å². The molecule has 2 heterocycles. The Morgan fingerprint density at radius 3 is 2.73 bits per heavy atom. The van der Waals surface area contributed by atoms with Gasteiger partial charge in [0, 0.05) is 25.3 Å². The van der Waals surface area contributed by atoms with Gasteiger partial charge in [-0.1, -0.05) is 0 Å². The van der Waals surface area contributed by atoms with Gasteiger partial charge >= 0.3 is 6.18 Å². The Morgan fingerprint density at radius 1 is 1.30 bits per heavy atom. The van der Waals surface area contributed by atoms with E-state index >= 15 is 0 Å². The van der Waals surface area contributed by atoms with E-state index in [-0.39, 0.29) is 42.3 Å². The molecule has 160 valence electrons. The molecule has 2 aromatic rings. The molecule has 1 aromatic heterocycles. The molecule has 0 spiro atoms. The molecule has 1 atom stereocenters. The third-order valence-electron chi connectivity index (χ3n) is 4.19. The monoisotopic (exact) mass is 441 g/mol. The van der Waals surface area contributed by atoms with Gasteiger partial charge in [0.15, 0.2) is 16.8 Å². The van der Waals surface area contributed by atoms with E-state index in [0.717, 1.165) is 6.07 Å². The van der Waals surface area contributed by atoms with Crippen molar-refractivity contribution in [1.82, 2.24) is 10.5 Å². The molecule has 2 N–H and O–H groups in total. The van der Waals surface area contributed by atoms with Crippen LogP contribution in [-0.4, -0.2) is 35.7 Å². The standard InChI is InChI=1S/C18H18F3N5O3S/c1-26-15-9-13(23-14(10-22)17(15)24-25-26)11-4-5-16(12(8-11)18(19,20)21)28-6-3-7-29-30(2)27/h4-5,8-9,24-25H,3,6-7H2,1-2H3. The van der Waals surface area contributed by atoms with E-state index in [4.69, 9.17) is 8.92 Å². The molecule has 1 aliphatic rings. The smallest absolute Gasteiger partial charge is 0.419 e. The summed E-state index contributed by atoms with van der Waals surface area (Å²) in [4.78, 5) is 4.18. The summed E-state index contributed by atoms with van der Waals surface area (Å²) in [5, 5.41) is 10.9. The van der Waals surface area contributed by atoms with Gasteiger partial charge in [0.05, 0.1) is 30.2 Å². The lowest BCUT2D eigenvalue weighted by molar-refractivity contribution is -0.138. The second kappa shape index (κ2) is 8.86. The third-order valence-corrected chi connectivity index (χ3v) is 4.69. The number of hydrogen-bond donors (Lipinski definition) is 2. The van der Waals surface area contributed by atoms with E-state index in [9.17, 15) is 22.6 Å². The van der Waals surface area contributed by atoms with Gasteiger partial charge in [0.1, 0.15) is 17.5 Å². The first-order valence-corrected chi connectivity index (χ1v) is 10.2. The summed E-state index contributed by atoms with van der Waals surface area (Å²) in [7, 11) is 1.69. The Hall–Kier alpha value is -2.88. The number of nitrogens with one attached hydrogen (secondary N) is 2. The zero-order valence-electron chi connectivity index (χ0n) is 16.0. The van der Waals surface area contributed by atoms with Crippen molar-refractivity contribution in [3.8, 4) is 23.1 Å². The highest BCUT2D eigenvalue weighted by atomic mass is 32.2. The Kier molecular flexibility index (Phi) is 6.45. The van der Waals surface area contributed by atoms with Crippen LogP contribution in [0.5, 0.6) is 5.75 Å². The van der Waals surface area contributed by atoms with E-state index in [1.165, 1.54) is 18.4 Å². The fourth-order valence-corrected chi connectivity index (χ4v) is 3.15. The Morgan fingerprint density at radius 2 is 2.07 bits per heavy atom. The van der Waals surface area contributed by atoms with Crippen molar-refractivity contribution >= 4 is 22.5 Å². The third kappa shape index (κ3) is 4.81. The number of pyridine rings is 1. The van der Waals surface area contributed by atoms with Crippen LogP contribution in [0.15, 0.2) is 24.3 Å². The fraction of sp³-hybridized carbons (Fsp3) is 0.333. The first kappa shape index (κ1) is 21.8. The Labute approximate surface area is 173 Å². The molecular weight excluding hydrogens is 423 g/mol. The molecule has 0 bridgehead atoms. The van der Waals surface area contributed by atoms with Crippen LogP contribution in [0.3, 0.4) is 0 Å². The first-order chi connectivity index (χ1) is 14.2. The maximum atomic E-state index is 13.6. The fourth-order valence-electron chi connectivity index (χ4n) is 2.80. The molecule has 0 amide bonds. The SMILES string of the molecule is CN1NNc2c1cc(-c1ccc(OCCCOS(C)=O)c(C(F)(F)F)c1)nc2C#N.